The Morgan fingerprint density at radius 2 is 1.11 bits per heavy atom. The summed E-state index contributed by atoms with van der Waals surface area (Å²) in [5.41, 5.74) is 13.4. The molecule has 11 aromatic rings. The standard InChI is InChI=1S/C43H26N2/c1-43(2)34-16-7-5-12-25(34)26-18-19-29-27-14-9-15-28-31-21-32-33-20-23-10-3-4-11-24(23)38-30-13-6-8-17-35(30)44(41(33)38)36(32)22-37(31)45(40(27)28)42(29)39(26)43/h3-22H,1-2H3. The van der Waals surface area contributed by atoms with Crippen LogP contribution in [0.3, 0.4) is 0 Å². The Labute approximate surface area is 258 Å². The van der Waals surface area contributed by atoms with Gasteiger partial charge in [-0.15, -0.1) is 0 Å². The molecular weight excluding hydrogens is 544 g/mol. The molecule has 1 aliphatic carbocycles. The summed E-state index contributed by atoms with van der Waals surface area (Å²) in [4.78, 5) is 0. The normalized spacial score (nSPS) is 14.6. The lowest BCUT2D eigenvalue weighted by Gasteiger charge is -2.22. The fraction of sp³-hybridized carbons (Fsp3) is 0.0698. The van der Waals surface area contributed by atoms with Gasteiger partial charge in [0.15, 0.2) is 0 Å². The zero-order chi connectivity index (χ0) is 29.3. The second kappa shape index (κ2) is 7.20. The molecule has 0 N–H and O–H groups in total. The van der Waals surface area contributed by atoms with Gasteiger partial charge in [-0.1, -0.05) is 111 Å². The predicted octanol–water partition coefficient (Wildman–Crippen LogP) is 11.4. The van der Waals surface area contributed by atoms with Crippen LogP contribution in [0, 0.1) is 0 Å². The summed E-state index contributed by atoms with van der Waals surface area (Å²) in [7, 11) is 0. The molecule has 0 amide bonds. The quantitative estimate of drug-likeness (QED) is 0.171. The van der Waals surface area contributed by atoms with Crippen LogP contribution < -0.4 is 0 Å². The first kappa shape index (κ1) is 22.9. The molecule has 208 valence electrons. The van der Waals surface area contributed by atoms with Crippen LogP contribution in [0.15, 0.2) is 121 Å². The summed E-state index contributed by atoms with van der Waals surface area (Å²) in [6, 6.07) is 45.9. The van der Waals surface area contributed by atoms with E-state index < -0.39 is 0 Å². The number of para-hydroxylation sites is 2. The zero-order valence-electron chi connectivity index (χ0n) is 24.9. The lowest BCUT2D eigenvalue weighted by molar-refractivity contribution is 0.664. The summed E-state index contributed by atoms with van der Waals surface area (Å²) < 4.78 is 5.16. The van der Waals surface area contributed by atoms with Crippen LogP contribution in [-0.2, 0) is 5.41 Å². The average Bonchev–Trinajstić information content (AvgIpc) is 3.83. The lowest BCUT2D eigenvalue weighted by atomic mass is 9.81. The molecule has 2 nitrogen and oxygen atoms in total. The molecule has 7 aromatic carbocycles. The largest absolute Gasteiger partial charge is 0.308 e. The van der Waals surface area contributed by atoms with Gasteiger partial charge in [0.2, 0.25) is 0 Å². The highest BCUT2D eigenvalue weighted by Gasteiger charge is 2.38. The van der Waals surface area contributed by atoms with Crippen LogP contribution in [0.5, 0.6) is 0 Å². The Morgan fingerprint density at radius 1 is 0.422 bits per heavy atom. The van der Waals surface area contributed by atoms with E-state index in [1.54, 1.807) is 0 Å². The molecule has 0 saturated heterocycles. The van der Waals surface area contributed by atoms with Crippen LogP contribution in [0.4, 0.5) is 0 Å². The molecule has 0 atom stereocenters. The number of nitrogens with zero attached hydrogens (tertiary/aromatic N) is 2. The van der Waals surface area contributed by atoms with E-state index in [9.17, 15) is 0 Å². The molecule has 12 rings (SSSR count). The lowest BCUT2D eigenvalue weighted by Crippen LogP contribution is -2.15. The van der Waals surface area contributed by atoms with Crippen molar-refractivity contribution in [3.63, 3.8) is 0 Å². The van der Waals surface area contributed by atoms with E-state index in [0.717, 1.165) is 0 Å². The first-order valence-electron chi connectivity index (χ1n) is 16.0. The number of fused-ring (bicyclic) bond motifs is 18. The Bertz CT molecular complexity index is 3110. The SMILES string of the molecule is CC1(C)c2ccccc2-c2ccc3c4cccc5c6cc7c8cc9ccccc9c9c%10ccccc%10n(c7cc6n(c3c21)c54)c89. The van der Waals surface area contributed by atoms with Crippen molar-refractivity contribution in [2.75, 3.05) is 0 Å². The Kier molecular flexibility index (Phi) is 3.66. The summed E-state index contributed by atoms with van der Waals surface area (Å²) in [6.07, 6.45) is 0. The molecule has 1 aliphatic rings. The van der Waals surface area contributed by atoms with Crippen LogP contribution in [0.1, 0.15) is 25.0 Å². The first-order valence-corrected chi connectivity index (χ1v) is 16.0. The number of hydrogen-bond acceptors (Lipinski definition) is 0. The molecule has 4 aromatic heterocycles. The molecule has 0 unspecified atom stereocenters. The summed E-state index contributed by atoms with van der Waals surface area (Å²) >= 11 is 0. The van der Waals surface area contributed by atoms with Gasteiger partial charge in [-0.25, -0.2) is 0 Å². The maximum Gasteiger partial charge on any atom is 0.0626 e. The summed E-state index contributed by atoms with van der Waals surface area (Å²) in [5.74, 6) is 0. The van der Waals surface area contributed by atoms with Gasteiger partial charge in [0.05, 0.1) is 33.1 Å². The molecule has 0 spiro atoms. The zero-order valence-corrected chi connectivity index (χ0v) is 24.9. The van der Waals surface area contributed by atoms with E-state index in [1.165, 1.54) is 109 Å². The van der Waals surface area contributed by atoms with Gasteiger partial charge in [-0.2, -0.15) is 0 Å². The molecule has 0 bridgehead atoms. The van der Waals surface area contributed by atoms with Crippen LogP contribution >= 0.6 is 0 Å². The molecule has 45 heavy (non-hydrogen) atoms. The van der Waals surface area contributed by atoms with Crippen LogP contribution in [0.2, 0.25) is 0 Å². The maximum atomic E-state index is 2.62. The third-order valence-electron chi connectivity index (χ3n) is 11.3. The molecule has 0 saturated carbocycles. The number of rotatable bonds is 0. The van der Waals surface area contributed by atoms with E-state index >= 15 is 0 Å². The minimum atomic E-state index is -0.0991. The van der Waals surface area contributed by atoms with Crippen LogP contribution in [0.25, 0.3) is 98.1 Å². The topological polar surface area (TPSA) is 8.82 Å². The van der Waals surface area contributed by atoms with Crippen molar-refractivity contribution in [2.24, 2.45) is 0 Å². The van der Waals surface area contributed by atoms with Gasteiger partial charge < -0.3 is 8.80 Å². The Balaban J connectivity index is 1.35. The maximum absolute atomic E-state index is 2.62. The highest BCUT2D eigenvalue weighted by atomic mass is 14.9. The molecular formula is C43H26N2. The highest BCUT2D eigenvalue weighted by Crippen LogP contribution is 2.54. The van der Waals surface area contributed by atoms with E-state index in [-0.39, 0.29) is 5.41 Å². The number of benzene rings is 7. The minimum Gasteiger partial charge on any atom is -0.308 e. The van der Waals surface area contributed by atoms with Crippen molar-refractivity contribution in [1.82, 2.24) is 8.80 Å². The van der Waals surface area contributed by atoms with E-state index in [4.69, 9.17) is 0 Å². The average molecular weight is 571 g/mol. The van der Waals surface area contributed by atoms with Crippen molar-refractivity contribution < 1.29 is 0 Å². The summed E-state index contributed by atoms with van der Waals surface area (Å²) in [6.45, 7) is 4.82. The number of hydrogen-bond donors (Lipinski definition) is 0. The van der Waals surface area contributed by atoms with Crippen molar-refractivity contribution in [3.05, 3.63) is 132 Å². The molecule has 0 fully saturated rings. The summed E-state index contributed by atoms with van der Waals surface area (Å²) in [5, 5.41) is 13.3. The van der Waals surface area contributed by atoms with Gasteiger partial charge in [0.1, 0.15) is 0 Å². The van der Waals surface area contributed by atoms with Gasteiger partial charge in [-0.05, 0) is 57.3 Å². The molecule has 4 heterocycles. The number of aromatic nitrogens is 2. The second-order valence-corrected chi connectivity index (χ2v) is 13.7. The van der Waals surface area contributed by atoms with Gasteiger partial charge in [-0.3, -0.25) is 0 Å². The predicted molar refractivity (Wildman–Crippen MR) is 191 cm³/mol. The third-order valence-corrected chi connectivity index (χ3v) is 11.3. The fourth-order valence-electron chi connectivity index (χ4n) is 9.54. The van der Waals surface area contributed by atoms with Crippen molar-refractivity contribution in [2.45, 2.75) is 19.3 Å². The highest BCUT2D eigenvalue weighted by molar-refractivity contribution is 6.33. The van der Waals surface area contributed by atoms with Crippen molar-refractivity contribution in [1.29, 1.82) is 0 Å². The van der Waals surface area contributed by atoms with Crippen LogP contribution in [-0.4, -0.2) is 8.80 Å². The van der Waals surface area contributed by atoms with E-state index in [2.05, 4.69) is 144 Å². The Hall–Kier alpha value is -5.60. The second-order valence-electron chi connectivity index (χ2n) is 13.7. The molecule has 0 aliphatic heterocycles. The Morgan fingerprint density at radius 3 is 2.02 bits per heavy atom. The monoisotopic (exact) mass is 570 g/mol. The van der Waals surface area contributed by atoms with Gasteiger partial charge in [0.25, 0.3) is 0 Å². The first-order chi connectivity index (χ1) is 22.1. The molecule has 2 heteroatoms. The smallest absolute Gasteiger partial charge is 0.0626 e. The fourth-order valence-corrected chi connectivity index (χ4v) is 9.54. The molecule has 0 radical (unpaired) electrons. The van der Waals surface area contributed by atoms with E-state index in [1.807, 2.05) is 0 Å². The van der Waals surface area contributed by atoms with Crippen molar-refractivity contribution in [3.8, 4) is 11.1 Å². The van der Waals surface area contributed by atoms with E-state index in [0.29, 0.717) is 0 Å². The van der Waals surface area contributed by atoms with Gasteiger partial charge >= 0.3 is 0 Å². The van der Waals surface area contributed by atoms with Gasteiger partial charge in [0, 0.05) is 48.5 Å². The van der Waals surface area contributed by atoms with Crippen molar-refractivity contribution >= 4 is 87.0 Å². The third kappa shape index (κ3) is 2.37. The minimum absolute atomic E-state index is 0.0991.